The van der Waals surface area contributed by atoms with E-state index in [2.05, 4.69) is 5.32 Å². The number of likely N-dealkylation sites (tertiary alicyclic amines) is 1. The number of hydrogen-bond donors (Lipinski definition) is 1. The lowest BCUT2D eigenvalue weighted by Gasteiger charge is -2.43. The zero-order valence-electron chi connectivity index (χ0n) is 17.3. The van der Waals surface area contributed by atoms with Crippen molar-refractivity contribution in [1.82, 2.24) is 10.2 Å². The number of anilines is 1. The van der Waals surface area contributed by atoms with Crippen molar-refractivity contribution >= 4 is 17.5 Å². The highest BCUT2D eigenvalue weighted by Crippen LogP contribution is 2.46. The number of halogens is 3. The van der Waals surface area contributed by atoms with Crippen LogP contribution in [-0.4, -0.2) is 48.9 Å². The highest BCUT2D eigenvalue weighted by molar-refractivity contribution is 5.83. The van der Waals surface area contributed by atoms with Gasteiger partial charge in [-0.05, 0) is 43.9 Å². The maximum absolute atomic E-state index is 13.3. The summed E-state index contributed by atoms with van der Waals surface area (Å²) in [5, 5.41) is 12.1. The number of benzene rings is 1. The molecule has 2 saturated heterocycles. The minimum absolute atomic E-state index is 0.0163. The Bertz CT molecular complexity index is 928. The normalized spacial score (nSPS) is 23.0. The molecule has 9 heteroatoms. The molecule has 2 aliphatic heterocycles. The average Bonchev–Trinajstić information content (AvgIpc) is 3.46. The molecule has 1 aromatic rings. The number of nitriles is 1. The van der Waals surface area contributed by atoms with Crippen molar-refractivity contribution in [2.75, 3.05) is 31.1 Å². The average molecular weight is 434 g/mol. The number of nitrogens with zero attached hydrogens (tertiary/aromatic N) is 3. The molecule has 31 heavy (non-hydrogen) atoms. The van der Waals surface area contributed by atoms with Gasteiger partial charge in [0.1, 0.15) is 0 Å². The molecule has 2 amide bonds. The lowest BCUT2D eigenvalue weighted by molar-refractivity contribution is -0.137. The summed E-state index contributed by atoms with van der Waals surface area (Å²) < 4.78 is 40.0. The van der Waals surface area contributed by atoms with E-state index in [-0.39, 0.29) is 29.2 Å². The lowest BCUT2D eigenvalue weighted by Crippen LogP contribution is -2.48. The van der Waals surface area contributed by atoms with Crippen LogP contribution in [0.1, 0.15) is 43.7 Å². The first-order valence-corrected chi connectivity index (χ1v) is 10.6. The molecule has 3 aliphatic rings. The Kier molecular flexibility index (Phi) is 5.36. The summed E-state index contributed by atoms with van der Waals surface area (Å²) in [5.41, 5.74) is -1.27. The van der Waals surface area contributed by atoms with Gasteiger partial charge in [-0.2, -0.15) is 18.4 Å². The summed E-state index contributed by atoms with van der Waals surface area (Å²) in [6, 6.07) is 5.62. The first-order chi connectivity index (χ1) is 14.6. The molecule has 1 N–H and O–H groups in total. The summed E-state index contributed by atoms with van der Waals surface area (Å²) in [6.45, 7) is 3.37. The number of alkyl halides is 3. The highest BCUT2D eigenvalue weighted by atomic mass is 19.4. The third-order valence-corrected chi connectivity index (χ3v) is 6.89. The largest absolute Gasteiger partial charge is 0.417 e. The Balaban J connectivity index is 1.53. The van der Waals surface area contributed by atoms with Crippen LogP contribution in [0.5, 0.6) is 0 Å². The van der Waals surface area contributed by atoms with Crippen LogP contribution in [0.4, 0.5) is 18.9 Å². The first kappa shape index (κ1) is 21.5. The quantitative estimate of drug-likeness (QED) is 0.794. The number of piperidine rings is 1. The fraction of sp³-hybridized carbons (Fsp3) is 0.591. The Labute approximate surface area is 179 Å². The van der Waals surface area contributed by atoms with Crippen LogP contribution >= 0.6 is 0 Å². The minimum atomic E-state index is -4.60. The molecule has 1 spiro atoms. The van der Waals surface area contributed by atoms with Gasteiger partial charge in [0.2, 0.25) is 11.8 Å². The van der Waals surface area contributed by atoms with Crippen molar-refractivity contribution in [3.8, 4) is 6.07 Å². The van der Waals surface area contributed by atoms with Crippen LogP contribution in [0.2, 0.25) is 0 Å². The molecular formula is C22H25F3N4O2. The van der Waals surface area contributed by atoms with Gasteiger partial charge in [0, 0.05) is 50.2 Å². The van der Waals surface area contributed by atoms with Gasteiger partial charge in [-0.25, -0.2) is 0 Å². The standard InChI is InChI=1S/C22H25F3N4O2/c1-14(30)29-12-19(20(31)27-16-3-4-16)21(13-29)6-8-28(9-7-21)17-5-2-15(11-26)18(10-17)22(23,24)25/h2,5,10,16,19H,3-4,6-9,12-13H2,1H3,(H,27,31). The van der Waals surface area contributed by atoms with Crippen molar-refractivity contribution in [2.45, 2.75) is 44.8 Å². The number of carbonyl (C=O) groups is 2. The summed E-state index contributed by atoms with van der Waals surface area (Å²) in [4.78, 5) is 28.5. The van der Waals surface area contributed by atoms with E-state index in [1.807, 2.05) is 4.90 Å². The molecule has 0 bridgehead atoms. The molecule has 1 atom stereocenters. The number of amides is 2. The molecule has 1 aromatic carbocycles. The van der Waals surface area contributed by atoms with Gasteiger partial charge in [-0.1, -0.05) is 0 Å². The van der Waals surface area contributed by atoms with E-state index < -0.39 is 17.3 Å². The summed E-state index contributed by atoms with van der Waals surface area (Å²) in [7, 11) is 0. The van der Waals surface area contributed by atoms with E-state index in [1.165, 1.54) is 13.0 Å². The molecule has 4 rings (SSSR count). The second-order valence-electron chi connectivity index (χ2n) is 8.92. The van der Waals surface area contributed by atoms with Crippen LogP contribution in [-0.2, 0) is 15.8 Å². The minimum Gasteiger partial charge on any atom is -0.371 e. The SMILES string of the molecule is CC(=O)N1CC(C(=O)NC2CC2)C2(CCN(c3ccc(C#N)c(C(F)(F)F)c3)CC2)C1. The van der Waals surface area contributed by atoms with Crippen molar-refractivity contribution in [3.05, 3.63) is 29.3 Å². The Hall–Kier alpha value is -2.76. The van der Waals surface area contributed by atoms with Gasteiger partial charge in [-0.15, -0.1) is 0 Å². The number of hydrogen-bond acceptors (Lipinski definition) is 4. The van der Waals surface area contributed by atoms with Crippen molar-refractivity contribution in [2.24, 2.45) is 11.3 Å². The maximum Gasteiger partial charge on any atom is 0.417 e. The Morgan fingerprint density at radius 3 is 2.45 bits per heavy atom. The highest BCUT2D eigenvalue weighted by Gasteiger charge is 2.52. The molecule has 0 aromatic heterocycles. The maximum atomic E-state index is 13.3. The zero-order chi connectivity index (χ0) is 22.4. The molecule has 0 radical (unpaired) electrons. The lowest BCUT2D eigenvalue weighted by atomic mass is 9.70. The monoisotopic (exact) mass is 434 g/mol. The third-order valence-electron chi connectivity index (χ3n) is 6.89. The van der Waals surface area contributed by atoms with Gasteiger partial charge >= 0.3 is 6.18 Å². The summed E-state index contributed by atoms with van der Waals surface area (Å²) >= 11 is 0. The van der Waals surface area contributed by atoms with Crippen LogP contribution in [0, 0.1) is 22.7 Å². The van der Waals surface area contributed by atoms with E-state index in [9.17, 15) is 22.8 Å². The fourth-order valence-electron chi connectivity index (χ4n) is 4.88. The van der Waals surface area contributed by atoms with Gasteiger partial charge in [0.05, 0.1) is 23.1 Å². The number of nitrogens with one attached hydrogen (secondary N) is 1. The number of carbonyl (C=O) groups excluding carboxylic acids is 2. The third kappa shape index (κ3) is 4.21. The fourth-order valence-corrected chi connectivity index (χ4v) is 4.88. The van der Waals surface area contributed by atoms with Crippen molar-refractivity contribution in [1.29, 1.82) is 5.26 Å². The predicted molar refractivity (Wildman–Crippen MR) is 107 cm³/mol. The zero-order valence-corrected chi connectivity index (χ0v) is 17.3. The molecule has 1 saturated carbocycles. The van der Waals surface area contributed by atoms with Crippen LogP contribution < -0.4 is 10.2 Å². The smallest absolute Gasteiger partial charge is 0.371 e. The van der Waals surface area contributed by atoms with E-state index in [4.69, 9.17) is 5.26 Å². The molecule has 166 valence electrons. The second kappa shape index (κ2) is 7.74. The Morgan fingerprint density at radius 1 is 1.23 bits per heavy atom. The van der Waals surface area contributed by atoms with Gasteiger partial charge < -0.3 is 15.1 Å². The molecule has 6 nitrogen and oxygen atoms in total. The summed E-state index contributed by atoms with van der Waals surface area (Å²) in [6.07, 6.45) is -1.41. The Morgan fingerprint density at radius 2 is 1.90 bits per heavy atom. The van der Waals surface area contributed by atoms with E-state index in [1.54, 1.807) is 17.0 Å². The topological polar surface area (TPSA) is 76.4 Å². The van der Waals surface area contributed by atoms with Gasteiger partial charge in [0.15, 0.2) is 0 Å². The molecule has 1 unspecified atom stereocenters. The van der Waals surface area contributed by atoms with Gasteiger partial charge in [-0.3, -0.25) is 9.59 Å². The predicted octanol–water partition coefficient (Wildman–Crippen LogP) is 2.92. The second-order valence-corrected chi connectivity index (χ2v) is 8.92. The number of rotatable bonds is 3. The van der Waals surface area contributed by atoms with Gasteiger partial charge in [0.25, 0.3) is 0 Å². The van der Waals surface area contributed by atoms with E-state index in [0.717, 1.165) is 18.9 Å². The molecule has 2 heterocycles. The van der Waals surface area contributed by atoms with Crippen LogP contribution in [0.15, 0.2) is 18.2 Å². The summed E-state index contributed by atoms with van der Waals surface area (Å²) in [5.74, 6) is -0.381. The van der Waals surface area contributed by atoms with Crippen LogP contribution in [0.25, 0.3) is 0 Å². The first-order valence-electron chi connectivity index (χ1n) is 10.6. The van der Waals surface area contributed by atoms with E-state index in [0.29, 0.717) is 44.7 Å². The van der Waals surface area contributed by atoms with Crippen molar-refractivity contribution < 1.29 is 22.8 Å². The molecule has 3 fully saturated rings. The van der Waals surface area contributed by atoms with Crippen LogP contribution in [0.3, 0.4) is 0 Å². The van der Waals surface area contributed by atoms with Crippen molar-refractivity contribution in [3.63, 3.8) is 0 Å². The molecular weight excluding hydrogens is 409 g/mol. The molecule has 1 aliphatic carbocycles. The van der Waals surface area contributed by atoms with E-state index >= 15 is 0 Å².